The third kappa shape index (κ3) is 2.05. The van der Waals surface area contributed by atoms with Crippen molar-refractivity contribution in [3.05, 3.63) is 0 Å². The van der Waals surface area contributed by atoms with Gasteiger partial charge in [0.15, 0.2) is 0 Å². The summed E-state index contributed by atoms with van der Waals surface area (Å²) < 4.78 is 55.4. The van der Waals surface area contributed by atoms with E-state index in [4.69, 9.17) is 0 Å². The molecule has 0 saturated heterocycles. The van der Waals surface area contributed by atoms with Crippen LogP contribution in [0.3, 0.4) is 0 Å². The summed E-state index contributed by atoms with van der Waals surface area (Å²) in [4.78, 5) is 0. The van der Waals surface area contributed by atoms with Crippen LogP contribution in [0.5, 0.6) is 0 Å². The van der Waals surface area contributed by atoms with Gasteiger partial charge in [0.25, 0.3) is 0 Å². The normalized spacial score (nSPS) is 14.4. The molecule has 0 aromatic rings. The first-order chi connectivity index (χ1) is 4.19. The molecule has 0 aliphatic rings. The minimum absolute atomic E-state index is 2.08. The van der Waals surface area contributed by atoms with E-state index < -0.39 is 15.8 Å². The van der Waals surface area contributed by atoms with Crippen LogP contribution in [0, 0.1) is 0 Å². The van der Waals surface area contributed by atoms with Crippen LogP contribution in [-0.2, 0) is 0 Å². The Morgan fingerprint density at radius 2 is 1.20 bits per heavy atom. The average molecular weight is 292 g/mol. The zero-order chi connectivity index (χ0) is 8.58. The molecular formula is C3HBr2F5. The number of hydrogen-bond donors (Lipinski definition) is 0. The van der Waals surface area contributed by atoms with E-state index in [1.165, 1.54) is 0 Å². The van der Waals surface area contributed by atoms with Crippen LogP contribution in [0.25, 0.3) is 0 Å². The first-order valence-corrected chi connectivity index (χ1v) is 3.75. The zero-order valence-electron chi connectivity index (χ0n) is 4.22. The Kier molecular flexibility index (Phi) is 3.10. The number of halogens is 7. The second-order valence-corrected chi connectivity index (χ2v) is 4.48. The summed E-state index contributed by atoms with van der Waals surface area (Å²) in [5.74, 6) is -4.73. The lowest BCUT2D eigenvalue weighted by molar-refractivity contribution is -0.273. The highest BCUT2D eigenvalue weighted by Crippen LogP contribution is 2.43. The predicted molar refractivity (Wildman–Crippen MR) is 32.6 cm³/mol. The Balaban J connectivity index is 4.40. The third-order valence-corrected chi connectivity index (χ3v) is 1.80. The fourth-order valence-electron chi connectivity index (χ4n) is 0.124. The predicted octanol–water partition coefficient (Wildman–Crippen LogP) is 3.30. The highest BCUT2D eigenvalue weighted by molar-refractivity contribution is 9.24. The van der Waals surface area contributed by atoms with Gasteiger partial charge in [-0.05, 0) is 0 Å². The standard InChI is InChI=1S/C3HBr2F5/c4-1(5)2(6,7)3(8,9)10/h1H. The highest BCUT2D eigenvalue weighted by Gasteiger charge is 2.61. The van der Waals surface area contributed by atoms with Crippen LogP contribution >= 0.6 is 31.9 Å². The maximum Gasteiger partial charge on any atom is 0.455 e. The van der Waals surface area contributed by atoms with Crippen LogP contribution in [0.1, 0.15) is 0 Å². The van der Waals surface area contributed by atoms with Gasteiger partial charge < -0.3 is 0 Å². The highest BCUT2D eigenvalue weighted by atomic mass is 79.9. The number of alkyl halides is 7. The van der Waals surface area contributed by atoms with Gasteiger partial charge in [0.2, 0.25) is 0 Å². The molecular weight excluding hydrogens is 291 g/mol. The van der Waals surface area contributed by atoms with Crippen LogP contribution in [-0.4, -0.2) is 15.8 Å². The molecule has 0 atom stereocenters. The summed E-state index contributed by atoms with van der Waals surface area (Å²) >= 11 is 4.16. The largest absolute Gasteiger partial charge is 0.455 e. The molecule has 0 heterocycles. The second-order valence-electron chi connectivity index (χ2n) is 1.42. The molecule has 0 N–H and O–H groups in total. The van der Waals surface area contributed by atoms with Crippen molar-refractivity contribution in [2.45, 2.75) is 15.8 Å². The Morgan fingerprint density at radius 3 is 1.20 bits per heavy atom. The molecule has 0 aliphatic heterocycles. The van der Waals surface area contributed by atoms with Crippen molar-refractivity contribution < 1.29 is 22.0 Å². The van der Waals surface area contributed by atoms with Gasteiger partial charge in [0.05, 0.1) is 0 Å². The Bertz CT molecular complexity index is 117. The summed E-state index contributed by atoms with van der Waals surface area (Å²) in [6, 6.07) is 0. The van der Waals surface area contributed by atoms with Crippen molar-refractivity contribution in [1.29, 1.82) is 0 Å². The second kappa shape index (κ2) is 2.92. The molecule has 0 aromatic heterocycles. The molecule has 0 fully saturated rings. The number of rotatable bonds is 1. The van der Waals surface area contributed by atoms with E-state index in [1.807, 2.05) is 0 Å². The van der Waals surface area contributed by atoms with Crippen LogP contribution in [0.2, 0.25) is 0 Å². The Hall–Kier alpha value is 0.610. The van der Waals surface area contributed by atoms with Gasteiger partial charge in [0, 0.05) is 0 Å². The van der Waals surface area contributed by atoms with Gasteiger partial charge in [-0.3, -0.25) is 0 Å². The molecule has 0 aromatic carbocycles. The van der Waals surface area contributed by atoms with E-state index >= 15 is 0 Å². The molecule has 0 unspecified atom stereocenters. The summed E-state index contributed by atoms with van der Waals surface area (Å²) in [6.07, 6.45) is -5.51. The van der Waals surface area contributed by atoms with Gasteiger partial charge in [-0.15, -0.1) is 0 Å². The van der Waals surface area contributed by atoms with E-state index in [-0.39, 0.29) is 0 Å². The van der Waals surface area contributed by atoms with E-state index in [1.54, 1.807) is 0 Å². The molecule has 0 spiro atoms. The smallest absolute Gasteiger partial charge is 0.194 e. The Morgan fingerprint density at radius 1 is 0.900 bits per heavy atom. The maximum absolute atomic E-state index is 11.8. The monoisotopic (exact) mass is 290 g/mol. The molecule has 10 heavy (non-hydrogen) atoms. The molecule has 0 aliphatic carbocycles. The van der Waals surface area contributed by atoms with Crippen LogP contribution < -0.4 is 0 Å². The van der Waals surface area contributed by atoms with Crippen molar-refractivity contribution in [1.82, 2.24) is 0 Å². The lowest BCUT2D eigenvalue weighted by atomic mass is 10.4. The zero-order valence-corrected chi connectivity index (χ0v) is 7.40. The summed E-state index contributed by atoms with van der Waals surface area (Å²) in [6.45, 7) is 0. The summed E-state index contributed by atoms with van der Waals surface area (Å²) in [5.41, 5.74) is 0. The molecule has 0 amide bonds. The molecule has 0 bridgehead atoms. The summed E-state index contributed by atoms with van der Waals surface area (Å²) in [7, 11) is 0. The molecule has 0 saturated carbocycles. The summed E-state index contributed by atoms with van der Waals surface area (Å²) in [5, 5.41) is 0. The molecule has 62 valence electrons. The van der Waals surface area contributed by atoms with Gasteiger partial charge in [-0.1, -0.05) is 31.9 Å². The first kappa shape index (κ1) is 10.6. The van der Waals surface area contributed by atoms with E-state index in [9.17, 15) is 22.0 Å². The maximum atomic E-state index is 11.8. The molecule has 0 nitrogen and oxygen atoms in total. The minimum Gasteiger partial charge on any atom is -0.194 e. The lowest BCUT2D eigenvalue weighted by Gasteiger charge is -2.20. The third-order valence-electron chi connectivity index (χ3n) is 0.652. The van der Waals surface area contributed by atoms with Gasteiger partial charge in [0.1, 0.15) is 3.74 Å². The van der Waals surface area contributed by atoms with E-state index in [0.29, 0.717) is 0 Å². The van der Waals surface area contributed by atoms with Crippen molar-refractivity contribution in [3.63, 3.8) is 0 Å². The van der Waals surface area contributed by atoms with Crippen molar-refractivity contribution in [2.24, 2.45) is 0 Å². The first-order valence-electron chi connectivity index (χ1n) is 1.92. The van der Waals surface area contributed by atoms with Gasteiger partial charge in [-0.2, -0.15) is 22.0 Å². The van der Waals surface area contributed by atoms with Gasteiger partial charge >= 0.3 is 12.1 Å². The molecule has 0 rings (SSSR count). The van der Waals surface area contributed by atoms with E-state index in [0.717, 1.165) is 0 Å². The Labute approximate surface area is 70.0 Å². The molecule has 0 radical (unpaired) electrons. The SMILES string of the molecule is FC(F)(F)C(F)(F)C(Br)Br. The van der Waals surface area contributed by atoms with Gasteiger partial charge in [-0.25, -0.2) is 0 Å². The fraction of sp³-hybridized carbons (Fsp3) is 1.00. The molecule has 7 heteroatoms. The quantitative estimate of drug-likeness (QED) is 0.514. The van der Waals surface area contributed by atoms with E-state index in [2.05, 4.69) is 31.9 Å². The average Bonchev–Trinajstić information content (AvgIpc) is 1.62. The van der Waals surface area contributed by atoms with Crippen molar-refractivity contribution in [2.75, 3.05) is 0 Å². The topological polar surface area (TPSA) is 0 Å². The minimum atomic E-state index is -5.51. The van der Waals surface area contributed by atoms with Crippen LogP contribution in [0.15, 0.2) is 0 Å². The van der Waals surface area contributed by atoms with Crippen LogP contribution in [0.4, 0.5) is 22.0 Å². The number of hydrogen-bond acceptors (Lipinski definition) is 0. The fourth-order valence-corrected chi connectivity index (χ4v) is 0.643. The lowest BCUT2D eigenvalue weighted by Crippen LogP contribution is -2.41. The van der Waals surface area contributed by atoms with Crippen molar-refractivity contribution >= 4 is 31.9 Å². The van der Waals surface area contributed by atoms with Crippen molar-refractivity contribution in [3.8, 4) is 0 Å².